The molecule has 0 spiro atoms. The van der Waals surface area contributed by atoms with E-state index < -0.39 is 0 Å². The lowest BCUT2D eigenvalue weighted by atomic mass is 10.2. The summed E-state index contributed by atoms with van der Waals surface area (Å²) in [6, 6.07) is 11.2. The molecular formula is C14H10ClN3O2. The summed E-state index contributed by atoms with van der Waals surface area (Å²) < 4.78 is 12.6. The van der Waals surface area contributed by atoms with Crippen LogP contribution in [0.3, 0.4) is 0 Å². The van der Waals surface area contributed by atoms with Gasteiger partial charge in [0.2, 0.25) is 12.7 Å². The number of benzene rings is 2. The number of aromatic nitrogens is 2. The van der Waals surface area contributed by atoms with E-state index in [0.29, 0.717) is 16.7 Å². The summed E-state index contributed by atoms with van der Waals surface area (Å²) in [5, 5.41) is 0.632. The van der Waals surface area contributed by atoms with Crippen molar-refractivity contribution in [3.05, 3.63) is 41.4 Å². The maximum Gasteiger partial charge on any atom is 0.231 e. The predicted molar refractivity (Wildman–Crippen MR) is 76.6 cm³/mol. The molecule has 100 valence electrons. The maximum absolute atomic E-state index is 6.02. The number of rotatable bonds is 1. The Morgan fingerprint density at radius 1 is 1.10 bits per heavy atom. The molecule has 0 amide bonds. The molecule has 0 fully saturated rings. The highest BCUT2D eigenvalue weighted by Crippen LogP contribution is 2.35. The predicted octanol–water partition coefficient (Wildman–Crippen LogP) is 2.99. The second-order valence-corrected chi connectivity index (χ2v) is 4.91. The molecule has 2 heterocycles. The van der Waals surface area contributed by atoms with Crippen molar-refractivity contribution in [3.8, 4) is 17.2 Å². The Kier molecular flexibility index (Phi) is 2.31. The van der Waals surface area contributed by atoms with Gasteiger partial charge in [0.15, 0.2) is 11.5 Å². The lowest BCUT2D eigenvalue weighted by Gasteiger charge is -2.07. The van der Waals surface area contributed by atoms with Crippen LogP contribution in [0.25, 0.3) is 16.7 Å². The van der Waals surface area contributed by atoms with Gasteiger partial charge in [0.05, 0.1) is 16.7 Å². The van der Waals surface area contributed by atoms with Crippen LogP contribution in [0.15, 0.2) is 36.4 Å². The van der Waals surface area contributed by atoms with Gasteiger partial charge in [-0.15, -0.1) is 0 Å². The first-order chi connectivity index (χ1) is 9.72. The molecule has 6 heteroatoms. The fourth-order valence-corrected chi connectivity index (χ4v) is 2.53. The van der Waals surface area contributed by atoms with Gasteiger partial charge in [-0.2, -0.15) is 0 Å². The van der Waals surface area contributed by atoms with Crippen LogP contribution < -0.4 is 15.2 Å². The van der Waals surface area contributed by atoms with Gasteiger partial charge in [0.25, 0.3) is 0 Å². The normalized spacial score (nSPS) is 13.1. The van der Waals surface area contributed by atoms with E-state index in [9.17, 15) is 0 Å². The lowest BCUT2D eigenvalue weighted by Crippen LogP contribution is -2.00. The zero-order valence-electron chi connectivity index (χ0n) is 10.3. The minimum atomic E-state index is 0.245. The van der Waals surface area contributed by atoms with Crippen molar-refractivity contribution in [2.24, 2.45) is 0 Å². The van der Waals surface area contributed by atoms with Gasteiger partial charge >= 0.3 is 0 Å². The highest BCUT2D eigenvalue weighted by atomic mass is 35.5. The van der Waals surface area contributed by atoms with Crippen LogP contribution in [0.4, 0.5) is 5.95 Å². The lowest BCUT2D eigenvalue weighted by molar-refractivity contribution is 0.174. The van der Waals surface area contributed by atoms with E-state index in [1.54, 1.807) is 6.07 Å². The molecule has 3 aromatic rings. The number of anilines is 1. The molecule has 0 unspecified atom stereocenters. The van der Waals surface area contributed by atoms with Crippen LogP contribution in [0.2, 0.25) is 5.02 Å². The van der Waals surface area contributed by atoms with E-state index in [1.165, 1.54) is 0 Å². The van der Waals surface area contributed by atoms with Crippen LogP contribution in [0, 0.1) is 0 Å². The Balaban J connectivity index is 1.96. The van der Waals surface area contributed by atoms with E-state index in [2.05, 4.69) is 4.98 Å². The largest absolute Gasteiger partial charge is 0.454 e. The van der Waals surface area contributed by atoms with E-state index in [-0.39, 0.29) is 6.79 Å². The van der Waals surface area contributed by atoms with Crippen LogP contribution in [-0.2, 0) is 0 Å². The number of halogens is 1. The molecule has 0 aliphatic carbocycles. The molecule has 1 aromatic heterocycles. The van der Waals surface area contributed by atoms with Crippen molar-refractivity contribution in [1.29, 1.82) is 0 Å². The van der Waals surface area contributed by atoms with Crippen molar-refractivity contribution in [1.82, 2.24) is 9.55 Å². The summed E-state index contributed by atoms with van der Waals surface area (Å²) in [5.41, 5.74) is 8.54. The maximum atomic E-state index is 6.02. The Hall–Kier alpha value is -2.40. The number of ether oxygens (including phenoxy) is 2. The summed E-state index contributed by atoms with van der Waals surface area (Å²) in [6.07, 6.45) is 0. The topological polar surface area (TPSA) is 62.3 Å². The van der Waals surface area contributed by atoms with Gasteiger partial charge in [-0.1, -0.05) is 11.6 Å². The minimum Gasteiger partial charge on any atom is -0.454 e. The van der Waals surface area contributed by atoms with Crippen molar-refractivity contribution < 1.29 is 9.47 Å². The Labute approximate surface area is 119 Å². The Bertz CT molecular complexity index is 829. The summed E-state index contributed by atoms with van der Waals surface area (Å²) in [6.45, 7) is 0.245. The van der Waals surface area contributed by atoms with Crippen molar-refractivity contribution in [2.75, 3.05) is 12.5 Å². The number of nitrogens with zero attached hydrogens (tertiary/aromatic N) is 2. The Morgan fingerprint density at radius 3 is 2.85 bits per heavy atom. The molecule has 20 heavy (non-hydrogen) atoms. The fraction of sp³-hybridized carbons (Fsp3) is 0.0714. The first-order valence-corrected chi connectivity index (χ1v) is 6.44. The van der Waals surface area contributed by atoms with E-state index >= 15 is 0 Å². The zero-order valence-corrected chi connectivity index (χ0v) is 11.1. The van der Waals surface area contributed by atoms with Gasteiger partial charge < -0.3 is 15.2 Å². The molecule has 1 aliphatic rings. The van der Waals surface area contributed by atoms with Crippen LogP contribution >= 0.6 is 11.6 Å². The van der Waals surface area contributed by atoms with E-state index in [4.69, 9.17) is 26.8 Å². The zero-order chi connectivity index (χ0) is 13.7. The van der Waals surface area contributed by atoms with Crippen molar-refractivity contribution >= 4 is 28.6 Å². The van der Waals surface area contributed by atoms with Gasteiger partial charge in [-0.05, 0) is 30.3 Å². The van der Waals surface area contributed by atoms with E-state index in [1.807, 2.05) is 34.9 Å². The Morgan fingerprint density at radius 2 is 1.95 bits per heavy atom. The number of nitrogen functional groups attached to an aromatic ring is 1. The summed E-state index contributed by atoms with van der Waals surface area (Å²) >= 11 is 5.98. The summed E-state index contributed by atoms with van der Waals surface area (Å²) in [4.78, 5) is 4.33. The molecular weight excluding hydrogens is 278 g/mol. The first kappa shape index (κ1) is 11.4. The SMILES string of the molecule is Nc1nc2cc(Cl)ccc2n1-c1ccc2c(c1)OCO2. The standard InChI is InChI=1S/C14H10ClN3O2/c15-8-1-3-11-10(5-8)17-14(16)18(11)9-2-4-12-13(6-9)20-7-19-12/h1-6H,7H2,(H2,16,17). The van der Waals surface area contributed by atoms with Crippen LogP contribution in [0.5, 0.6) is 11.5 Å². The van der Waals surface area contributed by atoms with Crippen LogP contribution in [0.1, 0.15) is 0 Å². The minimum absolute atomic E-state index is 0.245. The number of hydrogen-bond acceptors (Lipinski definition) is 4. The van der Waals surface area contributed by atoms with Gasteiger partial charge in [-0.3, -0.25) is 4.57 Å². The third-order valence-corrected chi connectivity index (χ3v) is 3.49. The number of imidazole rings is 1. The quantitative estimate of drug-likeness (QED) is 0.747. The molecule has 2 aromatic carbocycles. The first-order valence-electron chi connectivity index (χ1n) is 6.06. The van der Waals surface area contributed by atoms with Crippen LogP contribution in [-0.4, -0.2) is 16.3 Å². The molecule has 0 saturated carbocycles. The molecule has 5 nitrogen and oxygen atoms in total. The molecule has 0 bridgehead atoms. The van der Waals surface area contributed by atoms with Gasteiger partial charge in [0, 0.05) is 11.1 Å². The molecule has 0 saturated heterocycles. The highest BCUT2D eigenvalue weighted by Gasteiger charge is 2.16. The highest BCUT2D eigenvalue weighted by molar-refractivity contribution is 6.31. The smallest absolute Gasteiger partial charge is 0.231 e. The van der Waals surface area contributed by atoms with E-state index in [0.717, 1.165) is 22.5 Å². The molecule has 4 rings (SSSR count). The number of hydrogen-bond donors (Lipinski definition) is 1. The monoisotopic (exact) mass is 287 g/mol. The number of nitrogens with two attached hydrogens (primary N) is 1. The molecule has 1 aliphatic heterocycles. The number of fused-ring (bicyclic) bond motifs is 2. The second-order valence-electron chi connectivity index (χ2n) is 4.48. The summed E-state index contributed by atoms with van der Waals surface area (Å²) in [5.74, 6) is 1.85. The van der Waals surface area contributed by atoms with Gasteiger partial charge in [-0.25, -0.2) is 4.98 Å². The van der Waals surface area contributed by atoms with Gasteiger partial charge in [0.1, 0.15) is 0 Å². The third-order valence-electron chi connectivity index (χ3n) is 3.26. The average Bonchev–Trinajstić information content (AvgIpc) is 3.00. The molecule has 0 radical (unpaired) electrons. The second kappa shape index (κ2) is 4.05. The summed E-state index contributed by atoms with van der Waals surface area (Å²) in [7, 11) is 0. The average molecular weight is 288 g/mol. The molecule has 2 N–H and O–H groups in total. The fourth-order valence-electron chi connectivity index (χ4n) is 2.37. The molecule has 0 atom stereocenters. The van der Waals surface area contributed by atoms with Crippen molar-refractivity contribution in [3.63, 3.8) is 0 Å². The van der Waals surface area contributed by atoms with Crippen molar-refractivity contribution in [2.45, 2.75) is 0 Å². The third kappa shape index (κ3) is 1.60.